The van der Waals surface area contributed by atoms with E-state index in [1.807, 2.05) is 30.9 Å². The molecule has 32 heavy (non-hydrogen) atoms. The molecule has 0 aliphatic rings. The zero-order valence-electron chi connectivity index (χ0n) is 18.8. The van der Waals surface area contributed by atoms with Crippen LogP contribution in [0.4, 0.5) is 5.82 Å². The minimum Gasteiger partial charge on any atom is -0.311 e. The number of carbonyl (C=O) groups excluding carboxylic acids is 1. The number of anilines is 1. The number of amides is 1. The lowest BCUT2D eigenvalue weighted by Gasteiger charge is -2.12. The third-order valence-electron chi connectivity index (χ3n) is 5.56. The van der Waals surface area contributed by atoms with Gasteiger partial charge in [-0.25, -0.2) is 14.2 Å². The summed E-state index contributed by atoms with van der Waals surface area (Å²) in [4.78, 5) is 21.7. The van der Waals surface area contributed by atoms with Crippen molar-refractivity contribution in [3.8, 4) is 0 Å². The van der Waals surface area contributed by atoms with Crippen LogP contribution in [-0.2, 0) is 24.2 Å². The molecule has 0 fully saturated rings. The molecule has 3 heterocycles. The van der Waals surface area contributed by atoms with Crippen LogP contribution in [0.25, 0.3) is 5.78 Å². The van der Waals surface area contributed by atoms with E-state index in [2.05, 4.69) is 56.7 Å². The fraction of sp³-hybridized carbons (Fsp3) is 0.348. The lowest BCUT2D eigenvalue weighted by Crippen LogP contribution is -2.17. The average molecular weight is 450 g/mol. The van der Waals surface area contributed by atoms with Crippen molar-refractivity contribution >= 4 is 29.3 Å². The van der Waals surface area contributed by atoms with E-state index in [-0.39, 0.29) is 5.91 Å². The van der Waals surface area contributed by atoms with Crippen LogP contribution in [0, 0.1) is 13.8 Å². The predicted molar refractivity (Wildman–Crippen MR) is 126 cm³/mol. The molecule has 1 amide bonds. The molecular weight excluding hydrogens is 422 g/mol. The third-order valence-corrected chi connectivity index (χ3v) is 6.10. The van der Waals surface area contributed by atoms with Gasteiger partial charge in [-0.15, -0.1) is 5.10 Å². The molecule has 0 unspecified atom stereocenters. The molecule has 166 valence electrons. The van der Waals surface area contributed by atoms with Crippen molar-refractivity contribution in [2.75, 3.05) is 11.6 Å². The molecule has 8 nitrogen and oxygen atoms in total. The van der Waals surface area contributed by atoms with Crippen LogP contribution in [-0.4, -0.2) is 41.5 Å². The number of benzene rings is 1. The standard InChI is InChI=1S/C23H27N7OS/c1-5-17-6-8-18(9-7-17)14-29-20(12-13-24-29)26-21(31)11-10-19-15(2)25-22-27-23(32-4)28-30(22)16(19)3/h6-9,12-13H,5,10-11,14H2,1-4H3,(H,26,31). The topological polar surface area (TPSA) is 90.0 Å². The van der Waals surface area contributed by atoms with Gasteiger partial charge in [-0.3, -0.25) is 4.79 Å². The lowest BCUT2D eigenvalue weighted by molar-refractivity contribution is -0.116. The fourth-order valence-corrected chi connectivity index (χ4v) is 4.04. The van der Waals surface area contributed by atoms with Crippen LogP contribution < -0.4 is 5.32 Å². The largest absolute Gasteiger partial charge is 0.311 e. The summed E-state index contributed by atoms with van der Waals surface area (Å²) in [5, 5.41) is 12.5. The Balaban J connectivity index is 1.42. The highest BCUT2D eigenvalue weighted by atomic mass is 32.2. The Labute approximate surface area is 191 Å². The van der Waals surface area contributed by atoms with Crippen LogP contribution in [0.15, 0.2) is 41.7 Å². The summed E-state index contributed by atoms with van der Waals surface area (Å²) >= 11 is 1.48. The number of carbonyl (C=O) groups is 1. The summed E-state index contributed by atoms with van der Waals surface area (Å²) in [7, 11) is 0. The molecule has 0 bridgehead atoms. The van der Waals surface area contributed by atoms with Crippen molar-refractivity contribution in [1.29, 1.82) is 0 Å². The molecule has 9 heteroatoms. The summed E-state index contributed by atoms with van der Waals surface area (Å²) < 4.78 is 3.56. The van der Waals surface area contributed by atoms with Gasteiger partial charge >= 0.3 is 0 Å². The highest BCUT2D eigenvalue weighted by molar-refractivity contribution is 7.98. The number of rotatable bonds is 8. The molecule has 0 spiro atoms. The van der Waals surface area contributed by atoms with Gasteiger partial charge in [0.1, 0.15) is 5.82 Å². The van der Waals surface area contributed by atoms with Crippen molar-refractivity contribution in [3.63, 3.8) is 0 Å². The fourth-order valence-electron chi connectivity index (χ4n) is 3.70. The number of hydrogen-bond donors (Lipinski definition) is 1. The van der Waals surface area contributed by atoms with Crippen LogP contribution in [0.2, 0.25) is 0 Å². The Morgan fingerprint density at radius 1 is 1.09 bits per heavy atom. The van der Waals surface area contributed by atoms with E-state index in [0.717, 1.165) is 28.9 Å². The zero-order chi connectivity index (χ0) is 22.7. The molecule has 0 aliphatic heterocycles. The van der Waals surface area contributed by atoms with Gasteiger partial charge in [-0.1, -0.05) is 43.0 Å². The molecule has 3 aromatic heterocycles. The Kier molecular flexibility index (Phi) is 6.55. The van der Waals surface area contributed by atoms with E-state index in [4.69, 9.17) is 0 Å². The molecule has 1 aromatic carbocycles. The highest BCUT2D eigenvalue weighted by Gasteiger charge is 2.15. The maximum Gasteiger partial charge on any atom is 0.253 e. The molecule has 0 radical (unpaired) electrons. The van der Waals surface area contributed by atoms with Gasteiger partial charge in [0.25, 0.3) is 5.78 Å². The van der Waals surface area contributed by atoms with Crippen molar-refractivity contribution in [2.45, 2.75) is 51.7 Å². The summed E-state index contributed by atoms with van der Waals surface area (Å²) in [6, 6.07) is 10.3. The van der Waals surface area contributed by atoms with Crippen LogP contribution >= 0.6 is 11.8 Å². The second kappa shape index (κ2) is 9.52. The Morgan fingerprint density at radius 2 is 1.84 bits per heavy atom. The third kappa shape index (κ3) is 4.67. The van der Waals surface area contributed by atoms with Crippen LogP contribution in [0.3, 0.4) is 0 Å². The molecule has 0 aliphatic carbocycles. The smallest absolute Gasteiger partial charge is 0.253 e. The Hall–Kier alpha value is -3.20. The molecule has 4 aromatic rings. The van der Waals surface area contributed by atoms with E-state index in [0.29, 0.717) is 36.1 Å². The quantitative estimate of drug-likeness (QED) is 0.411. The first-order valence-corrected chi connectivity index (χ1v) is 11.9. The van der Waals surface area contributed by atoms with E-state index < -0.39 is 0 Å². The summed E-state index contributed by atoms with van der Waals surface area (Å²) in [6.07, 6.45) is 5.58. The number of nitrogens with one attached hydrogen (secondary N) is 1. The van der Waals surface area contributed by atoms with Gasteiger partial charge in [0.2, 0.25) is 11.1 Å². The normalized spacial score (nSPS) is 11.2. The molecule has 0 saturated carbocycles. The van der Waals surface area contributed by atoms with E-state index in [1.165, 1.54) is 17.3 Å². The second-order valence-corrected chi connectivity index (χ2v) is 8.44. The number of hydrogen-bond acceptors (Lipinski definition) is 6. The number of thioether (sulfide) groups is 1. The minimum atomic E-state index is -0.0598. The SMILES string of the molecule is CCc1ccc(Cn2nccc2NC(=O)CCc2c(C)nc3nc(SC)nn3c2C)cc1. The average Bonchev–Trinajstić information content (AvgIpc) is 3.40. The van der Waals surface area contributed by atoms with Gasteiger partial charge in [-0.05, 0) is 49.6 Å². The van der Waals surface area contributed by atoms with Gasteiger partial charge in [0.05, 0.1) is 12.7 Å². The second-order valence-electron chi connectivity index (χ2n) is 7.66. The highest BCUT2D eigenvalue weighted by Crippen LogP contribution is 2.19. The number of aromatic nitrogens is 6. The first kappa shape index (κ1) is 22.0. The lowest BCUT2D eigenvalue weighted by atomic mass is 10.1. The van der Waals surface area contributed by atoms with Crippen molar-refractivity contribution in [1.82, 2.24) is 29.4 Å². The predicted octanol–water partition coefficient (Wildman–Crippen LogP) is 3.84. The van der Waals surface area contributed by atoms with Gasteiger partial charge in [0.15, 0.2) is 0 Å². The maximum atomic E-state index is 12.7. The number of nitrogens with zero attached hydrogens (tertiary/aromatic N) is 6. The number of aryl methyl sites for hydroxylation is 3. The van der Waals surface area contributed by atoms with Gasteiger partial charge < -0.3 is 5.32 Å². The summed E-state index contributed by atoms with van der Waals surface area (Å²) in [5.74, 6) is 1.22. The molecule has 0 saturated heterocycles. The van der Waals surface area contributed by atoms with Gasteiger partial charge in [0, 0.05) is 23.9 Å². The minimum absolute atomic E-state index is 0.0598. The Bertz CT molecular complexity index is 1240. The summed E-state index contributed by atoms with van der Waals surface area (Å²) in [6.45, 7) is 6.69. The molecule has 4 rings (SSSR count). The summed E-state index contributed by atoms with van der Waals surface area (Å²) in [5.41, 5.74) is 5.31. The van der Waals surface area contributed by atoms with E-state index in [1.54, 1.807) is 10.7 Å². The Morgan fingerprint density at radius 3 is 2.56 bits per heavy atom. The van der Waals surface area contributed by atoms with Crippen molar-refractivity contribution < 1.29 is 4.79 Å². The van der Waals surface area contributed by atoms with E-state index in [9.17, 15) is 4.79 Å². The van der Waals surface area contributed by atoms with Crippen molar-refractivity contribution in [3.05, 3.63) is 64.6 Å². The van der Waals surface area contributed by atoms with Crippen LogP contribution in [0.5, 0.6) is 0 Å². The van der Waals surface area contributed by atoms with Crippen LogP contribution in [0.1, 0.15) is 41.4 Å². The number of fused-ring (bicyclic) bond motifs is 1. The molecule has 1 N–H and O–H groups in total. The molecule has 0 atom stereocenters. The first-order valence-electron chi connectivity index (χ1n) is 10.6. The van der Waals surface area contributed by atoms with Crippen molar-refractivity contribution in [2.24, 2.45) is 0 Å². The van der Waals surface area contributed by atoms with E-state index >= 15 is 0 Å². The molecular formula is C23H27N7OS. The maximum absolute atomic E-state index is 12.7. The first-order chi connectivity index (χ1) is 15.5. The zero-order valence-corrected chi connectivity index (χ0v) is 19.6. The van der Waals surface area contributed by atoms with Gasteiger partial charge in [-0.2, -0.15) is 10.1 Å². The monoisotopic (exact) mass is 449 g/mol.